The summed E-state index contributed by atoms with van der Waals surface area (Å²) in [6, 6.07) is 5.33. The number of likely N-dealkylation sites (N-methyl/N-ethyl adjacent to an activating group) is 1. The standard InChI is InChI=1S/C18H27Cl2N5O2/c1-24(2)17(26)13-23-18(21-5-6-25-7-9-27-10-8-25)22-12-14-3-4-15(19)11-16(14)20/h3-4,11H,5-10,12-13H2,1-2H3,(H2,21,22,23). The molecule has 27 heavy (non-hydrogen) atoms. The smallest absolute Gasteiger partial charge is 0.241 e. The molecule has 7 nitrogen and oxygen atoms in total. The largest absolute Gasteiger partial charge is 0.379 e. The number of aliphatic imine (C=N–C) groups is 1. The van der Waals surface area contributed by atoms with Gasteiger partial charge >= 0.3 is 0 Å². The monoisotopic (exact) mass is 415 g/mol. The van der Waals surface area contributed by atoms with Crippen LogP contribution < -0.4 is 10.6 Å². The van der Waals surface area contributed by atoms with Crippen molar-refractivity contribution in [2.24, 2.45) is 4.99 Å². The molecule has 1 heterocycles. The molecule has 0 bridgehead atoms. The van der Waals surface area contributed by atoms with E-state index in [-0.39, 0.29) is 12.5 Å². The number of hydrogen-bond acceptors (Lipinski definition) is 4. The molecule has 0 unspecified atom stereocenters. The van der Waals surface area contributed by atoms with Crippen LogP contribution in [0.5, 0.6) is 0 Å². The zero-order valence-electron chi connectivity index (χ0n) is 15.8. The molecule has 0 saturated carbocycles. The molecular weight excluding hydrogens is 389 g/mol. The fourth-order valence-corrected chi connectivity index (χ4v) is 2.93. The lowest BCUT2D eigenvalue weighted by Gasteiger charge is -2.26. The van der Waals surface area contributed by atoms with Gasteiger partial charge in [0.2, 0.25) is 5.91 Å². The molecule has 1 aromatic carbocycles. The van der Waals surface area contributed by atoms with Crippen molar-refractivity contribution in [3.05, 3.63) is 33.8 Å². The van der Waals surface area contributed by atoms with Gasteiger partial charge in [0.15, 0.2) is 5.96 Å². The summed E-state index contributed by atoms with van der Waals surface area (Å²) in [7, 11) is 3.44. The Balaban J connectivity index is 1.93. The molecule has 9 heteroatoms. The minimum absolute atomic E-state index is 0.0257. The van der Waals surface area contributed by atoms with Crippen LogP contribution in [0, 0.1) is 0 Å². The van der Waals surface area contributed by atoms with E-state index in [2.05, 4.69) is 20.5 Å². The van der Waals surface area contributed by atoms with Crippen molar-refractivity contribution < 1.29 is 9.53 Å². The Hall–Kier alpha value is -1.54. The summed E-state index contributed by atoms with van der Waals surface area (Å²) in [6.45, 7) is 5.56. The summed E-state index contributed by atoms with van der Waals surface area (Å²) in [5.74, 6) is 0.548. The molecule has 1 aromatic rings. The summed E-state index contributed by atoms with van der Waals surface area (Å²) < 4.78 is 5.36. The van der Waals surface area contributed by atoms with Gasteiger partial charge in [-0.3, -0.25) is 9.69 Å². The Morgan fingerprint density at radius 3 is 2.67 bits per heavy atom. The minimum atomic E-state index is -0.0257. The quantitative estimate of drug-likeness (QED) is 0.520. The lowest BCUT2D eigenvalue weighted by Crippen LogP contribution is -2.46. The Morgan fingerprint density at radius 1 is 1.26 bits per heavy atom. The zero-order chi connectivity index (χ0) is 19.6. The van der Waals surface area contributed by atoms with E-state index in [0.29, 0.717) is 22.5 Å². The van der Waals surface area contributed by atoms with Crippen molar-refractivity contribution in [1.29, 1.82) is 0 Å². The van der Waals surface area contributed by atoms with Crippen LogP contribution in [0.25, 0.3) is 0 Å². The van der Waals surface area contributed by atoms with E-state index in [4.69, 9.17) is 27.9 Å². The molecule has 0 atom stereocenters. The van der Waals surface area contributed by atoms with E-state index in [1.165, 1.54) is 4.90 Å². The summed E-state index contributed by atoms with van der Waals surface area (Å²) in [4.78, 5) is 20.3. The number of guanidine groups is 1. The van der Waals surface area contributed by atoms with E-state index >= 15 is 0 Å². The van der Waals surface area contributed by atoms with Crippen molar-refractivity contribution >= 4 is 35.1 Å². The molecular formula is C18H27Cl2N5O2. The van der Waals surface area contributed by atoms with Crippen LogP contribution in [0.3, 0.4) is 0 Å². The number of carbonyl (C=O) groups is 1. The Bertz CT molecular complexity index is 649. The van der Waals surface area contributed by atoms with Crippen molar-refractivity contribution in [3.8, 4) is 0 Å². The molecule has 0 radical (unpaired) electrons. The van der Waals surface area contributed by atoms with Crippen LogP contribution in [0.4, 0.5) is 0 Å². The number of amides is 1. The highest BCUT2D eigenvalue weighted by Gasteiger charge is 2.11. The lowest BCUT2D eigenvalue weighted by molar-refractivity contribution is -0.127. The SMILES string of the molecule is CN(C)C(=O)CNC(=NCc1ccc(Cl)cc1Cl)NCCN1CCOCC1. The zero-order valence-corrected chi connectivity index (χ0v) is 17.3. The van der Waals surface area contributed by atoms with Crippen LogP contribution in [0.2, 0.25) is 10.0 Å². The van der Waals surface area contributed by atoms with Gasteiger partial charge in [0.25, 0.3) is 0 Å². The second kappa shape index (κ2) is 11.3. The third-order valence-electron chi connectivity index (χ3n) is 4.15. The van der Waals surface area contributed by atoms with Crippen LogP contribution in [-0.4, -0.2) is 81.7 Å². The average molecular weight is 416 g/mol. The normalized spacial score (nSPS) is 15.5. The topological polar surface area (TPSA) is 69.2 Å². The molecule has 0 aromatic heterocycles. The number of nitrogens with zero attached hydrogens (tertiary/aromatic N) is 3. The Labute approximate surface area is 170 Å². The average Bonchev–Trinajstić information content (AvgIpc) is 2.65. The second-order valence-electron chi connectivity index (χ2n) is 6.42. The molecule has 1 aliphatic rings. The Morgan fingerprint density at radius 2 is 2.00 bits per heavy atom. The van der Waals surface area contributed by atoms with Crippen molar-refractivity contribution in [2.75, 3.05) is 60.0 Å². The van der Waals surface area contributed by atoms with Gasteiger partial charge in [-0.15, -0.1) is 0 Å². The highest BCUT2D eigenvalue weighted by atomic mass is 35.5. The number of rotatable bonds is 7. The first kappa shape index (κ1) is 21.8. The maximum atomic E-state index is 11.9. The minimum Gasteiger partial charge on any atom is -0.379 e. The first-order valence-electron chi connectivity index (χ1n) is 8.92. The molecule has 2 N–H and O–H groups in total. The molecule has 1 aliphatic heterocycles. The Kier molecular flexibility index (Phi) is 9.14. The third kappa shape index (κ3) is 7.92. The third-order valence-corrected chi connectivity index (χ3v) is 4.74. The van der Waals surface area contributed by atoms with E-state index < -0.39 is 0 Å². The molecule has 2 rings (SSSR count). The predicted octanol–water partition coefficient (Wildman–Crippen LogP) is 1.45. The summed E-state index contributed by atoms with van der Waals surface area (Å²) in [6.07, 6.45) is 0. The van der Waals surface area contributed by atoms with Gasteiger partial charge in [0, 0.05) is 50.3 Å². The van der Waals surface area contributed by atoms with Gasteiger partial charge in [0.05, 0.1) is 26.3 Å². The molecule has 1 amide bonds. The number of morpholine rings is 1. The number of benzene rings is 1. The van der Waals surface area contributed by atoms with Gasteiger partial charge in [-0.05, 0) is 17.7 Å². The fraction of sp³-hybridized carbons (Fsp3) is 0.556. The lowest BCUT2D eigenvalue weighted by atomic mass is 10.2. The van der Waals surface area contributed by atoms with Crippen molar-refractivity contribution in [1.82, 2.24) is 20.4 Å². The molecule has 0 spiro atoms. The van der Waals surface area contributed by atoms with E-state index in [1.807, 2.05) is 6.07 Å². The number of carbonyl (C=O) groups excluding carboxylic acids is 1. The van der Waals surface area contributed by atoms with E-state index in [1.54, 1.807) is 26.2 Å². The van der Waals surface area contributed by atoms with Gasteiger partial charge in [-0.2, -0.15) is 0 Å². The van der Waals surface area contributed by atoms with Gasteiger partial charge in [-0.1, -0.05) is 29.3 Å². The number of nitrogens with one attached hydrogen (secondary N) is 2. The highest BCUT2D eigenvalue weighted by molar-refractivity contribution is 6.35. The van der Waals surface area contributed by atoms with Gasteiger partial charge < -0.3 is 20.3 Å². The van der Waals surface area contributed by atoms with Crippen molar-refractivity contribution in [3.63, 3.8) is 0 Å². The summed E-state index contributed by atoms with van der Waals surface area (Å²) in [5, 5.41) is 7.52. The van der Waals surface area contributed by atoms with E-state index in [0.717, 1.165) is 45.0 Å². The van der Waals surface area contributed by atoms with Crippen LogP contribution in [0.1, 0.15) is 5.56 Å². The number of hydrogen-bond donors (Lipinski definition) is 2. The highest BCUT2D eigenvalue weighted by Crippen LogP contribution is 2.21. The molecule has 1 fully saturated rings. The summed E-state index contributed by atoms with van der Waals surface area (Å²) in [5.41, 5.74) is 0.870. The molecule has 150 valence electrons. The number of ether oxygens (including phenoxy) is 1. The maximum Gasteiger partial charge on any atom is 0.241 e. The predicted molar refractivity (Wildman–Crippen MR) is 110 cm³/mol. The second-order valence-corrected chi connectivity index (χ2v) is 7.27. The van der Waals surface area contributed by atoms with Gasteiger partial charge in [0.1, 0.15) is 0 Å². The fourth-order valence-electron chi connectivity index (χ4n) is 2.46. The van der Waals surface area contributed by atoms with Crippen LogP contribution in [0.15, 0.2) is 23.2 Å². The number of halogens is 2. The first-order chi connectivity index (χ1) is 13.0. The molecule has 0 aliphatic carbocycles. The summed E-state index contributed by atoms with van der Waals surface area (Å²) >= 11 is 12.1. The van der Waals surface area contributed by atoms with Crippen molar-refractivity contribution in [2.45, 2.75) is 6.54 Å². The first-order valence-corrected chi connectivity index (χ1v) is 9.67. The van der Waals surface area contributed by atoms with E-state index in [9.17, 15) is 4.79 Å². The molecule has 1 saturated heterocycles. The van der Waals surface area contributed by atoms with Gasteiger partial charge in [-0.25, -0.2) is 4.99 Å². The maximum absolute atomic E-state index is 11.9. The van der Waals surface area contributed by atoms with Crippen LogP contribution in [-0.2, 0) is 16.1 Å². The van der Waals surface area contributed by atoms with Crippen LogP contribution >= 0.6 is 23.2 Å².